The summed E-state index contributed by atoms with van der Waals surface area (Å²) in [6.45, 7) is 2.27. The first-order chi connectivity index (χ1) is 13.9. The van der Waals surface area contributed by atoms with Crippen LogP contribution in [0, 0.1) is 5.92 Å². The molecule has 1 atom stereocenters. The lowest BCUT2D eigenvalue weighted by molar-refractivity contribution is -0.131. The number of halogens is 1. The summed E-state index contributed by atoms with van der Waals surface area (Å²) >= 11 is 3.31. The van der Waals surface area contributed by atoms with Crippen molar-refractivity contribution in [3.63, 3.8) is 0 Å². The SMILES string of the molecule is O=C(NCCN1CCCCCC1=O)C1CCCN(S(=O)(=O)c2ccc(Br)cc2)C1. The van der Waals surface area contributed by atoms with Gasteiger partial charge in [-0.25, -0.2) is 8.42 Å². The zero-order chi connectivity index (χ0) is 20.9. The minimum absolute atomic E-state index is 0.136. The summed E-state index contributed by atoms with van der Waals surface area (Å²) in [6.07, 6.45) is 4.91. The standard InChI is InChI=1S/C20H28BrN3O4S/c21-17-7-9-18(10-8-17)29(27,28)24-13-4-5-16(15-24)20(26)22-11-14-23-12-3-1-2-6-19(23)25/h7-10,16H,1-6,11-15H2,(H,22,26). The summed E-state index contributed by atoms with van der Waals surface area (Å²) in [5.74, 6) is -0.349. The Kier molecular flexibility index (Phi) is 7.70. The van der Waals surface area contributed by atoms with Gasteiger partial charge >= 0.3 is 0 Å². The van der Waals surface area contributed by atoms with E-state index in [-0.39, 0.29) is 29.2 Å². The Morgan fingerprint density at radius 1 is 1.10 bits per heavy atom. The Balaban J connectivity index is 1.53. The zero-order valence-electron chi connectivity index (χ0n) is 16.5. The number of piperidine rings is 1. The van der Waals surface area contributed by atoms with Gasteiger partial charge in [0.15, 0.2) is 0 Å². The molecular formula is C20H28BrN3O4S. The van der Waals surface area contributed by atoms with Crippen molar-refractivity contribution in [2.24, 2.45) is 5.92 Å². The third-order valence-electron chi connectivity index (χ3n) is 5.56. The summed E-state index contributed by atoms with van der Waals surface area (Å²) in [6, 6.07) is 6.54. The van der Waals surface area contributed by atoms with E-state index >= 15 is 0 Å². The van der Waals surface area contributed by atoms with Crippen molar-refractivity contribution in [3.8, 4) is 0 Å². The molecule has 160 valence electrons. The second-order valence-corrected chi connectivity index (χ2v) is 10.5. The van der Waals surface area contributed by atoms with Gasteiger partial charge in [-0.2, -0.15) is 4.31 Å². The third kappa shape index (κ3) is 5.79. The van der Waals surface area contributed by atoms with Crippen LogP contribution in [0.15, 0.2) is 33.6 Å². The fraction of sp³-hybridized carbons (Fsp3) is 0.600. The molecule has 1 unspecified atom stereocenters. The number of likely N-dealkylation sites (tertiary alicyclic amines) is 1. The number of hydrogen-bond acceptors (Lipinski definition) is 4. The molecule has 1 N–H and O–H groups in total. The molecule has 29 heavy (non-hydrogen) atoms. The maximum absolute atomic E-state index is 12.9. The molecule has 1 aromatic rings. The van der Waals surface area contributed by atoms with Gasteiger partial charge in [-0.1, -0.05) is 22.4 Å². The van der Waals surface area contributed by atoms with Crippen LogP contribution in [0.2, 0.25) is 0 Å². The first-order valence-electron chi connectivity index (χ1n) is 10.2. The van der Waals surface area contributed by atoms with Gasteiger partial charge < -0.3 is 10.2 Å². The topological polar surface area (TPSA) is 86.8 Å². The fourth-order valence-corrected chi connectivity index (χ4v) is 5.65. The van der Waals surface area contributed by atoms with Crippen molar-refractivity contribution in [1.82, 2.24) is 14.5 Å². The van der Waals surface area contributed by atoms with Crippen LogP contribution in [0.3, 0.4) is 0 Å². The van der Waals surface area contributed by atoms with Crippen LogP contribution in [0.25, 0.3) is 0 Å². The van der Waals surface area contributed by atoms with E-state index in [4.69, 9.17) is 0 Å². The molecule has 0 aliphatic carbocycles. The summed E-state index contributed by atoms with van der Waals surface area (Å²) in [4.78, 5) is 26.7. The molecule has 0 saturated carbocycles. The number of carbonyl (C=O) groups excluding carboxylic acids is 2. The lowest BCUT2D eigenvalue weighted by Crippen LogP contribution is -2.46. The Labute approximate surface area is 181 Å². The molecular weight excluding hydrogens is 458 g/mol. The van der Waals surface area contributed by atoms with Crippen molar-refractivity contribution in [3.05, 3.63) is 28.7 Å². The van der Waals surface area contributed by atoms with Crippen molar-refractivity contribution >= 4 is 37.8 Å². The number of amides is 2. The van der Waals surface area contributed by atoms with Gasteiger partial charge in [-0.05, 0) is 49.9 Å². The van der Waals surface area contributed by atoms with Crippen LogP contribution in [-0.4, -0.2) is 62.2 Å². The third-order valence-corrected chi connectivity index (χ3v) is 7.97. The number of carbonyl (C=O) groups is 2. The summed E-state index contributed by atoms with van der Waals surface area (Å²) in [5, 5.41) is 2.90. The van der Waals surface area contributed by atoms with Gasteiger partial charge in [0.1, 0.15) is 0 Å². The van der Waals surface area contributed by atoms with E-state index in [2.05, 4.69) is 21.2 Å². The first kappa shape index (κ1) is 22.2. The van der Waals surface area contributed by atoms with Gasteiger partial charge in [0, 0.05) is 43.6 Å². The highest BCUT2D eigenvalue weighted by molar-refractivity contribution is 9.10. The Hall–Kier alpha value is -1.45. The Morgan fingerprint density at radius 2 is 1.86 bits per heavy atom. The predicted molar refractivity (Wildman–Crippen MR) is 114 cm³/mol. The molecule has 9 heteroatoms. The quantitative estimate of drug-likeness (QED) is 0.669. The van der Waals surface area contributed by atoms with Gasteiger partial charge in [-0.15, -0.1) is 0 Å². The van der Waals surface area contributed by atoms with Crippen molar-refractivity contribution in [2.75, 3.05) is 32.7 Å². The van der Waals surface area contributed by atoms with E-state index in [0.29, 0.717) is 38.9 Å². The van der Waals surface area contributed by atoms with E-state index in [1.807, 2.05) is 4.90 Å². The lowest BCUT2D eigenvalue weighted by Gasteiger charge is -2.31. The van der Waals surface area contributed by atoms with Gasteiger partial charge in [0.05, 0.1) is 10.8 Å². The smallest absolute Gasteiger partial charge is 0.243 e. The highest BCUT2D eigenvalue weighted by atomic mass is 79.9. The number of benzene rings is 1. The first-order valence-corrected chi connectivity index (χ1v) is 12.4. The van der Waals surface area contributed by atoms with E-state index in [9.17, 15) is 18.0 Å². The van der Waals surface area contributed by atoms with E-state index in [0.717, 1.165) is 30.3 Å². The molecule has 2 amide bonds. The summed E-state index contributed by atoms with van der Waals surface area (Å²) in [7, 11) is -3.61. The molecule has 2 fully saturated rings. The predicted octanol–water partition coefficient (Wildman–Crippen LogP) is 2.37. The van der Waals surface area contributed by atoms with E-state index in [1.165, 1.54) is 4.31 Å². The van der Waals surface area contributed by atoms with Crippen molar-refractivity contribution in [2.45, 2.75) is 43.4 Å². The van der Waals surface area contributed by atoms with Crippen molar-refractivity contribution in [1.29, 1.82) is 0 Å². The minimum atomic E-state index is -3.61. The van der Waals surface area contributed by atoms with E-state index < -0.39 is 10.0 Å². The molecule has 0 bridgehead atoms. The van der Waals surface area contributed by atoms with Crippen molar-refractivity contribution < 1.29 is 18.0 Å². The molecule has 2 aliphatic heterocycles. The van der Waals surface area contributed by atoms with Crippen LogP contribution < -0.4 is 5.32 Å². The van der Waals surface area contributed by atoms with E-state index in [1.54, 1.807) is 24.3 Å². The lowest BCUT2D eigenvalue weighted by atomic mass is 9.99. The second kappa shape index (κ2) is 10.0. The monoisotopic (exact) mass is 485 g/mol. The molecule has 0 radical (unpaired) electrons. The number of hydrogen-bond donors (Lipinski definition) is 1. The van der Waals surface area contributed by atoms with Crippen LogP contribution in [0.5, 0.6) is 0 Å². The number of nitrogens with one attached hydrogen (secondary N) is 1. The average Bonchev–Trinajstić information content (AvgIpc) is 2.92. The number of nitrogens with zero attached hydrogens (tertiary/aromatic N) is 2. The highest BCUT2D eigenvalue weighted by Crippen LogP contribution is 2.25. The molecule has 0 spiro atoms. The molecule has 7 nitrogen and oxygen atoms in total. The van der Waals surface area contributed by atoms with Gasteiger partial charge in [0.2, 0.25) is 21.8 Å². The summed E-state index contributed by atoms with van der Waals surface area (Å²) < 4.78 is 28.0. The largest absolute Gasteiger partial charge is 0.354 e. The number of rotatable bonds is 6. The molecule has 2 heterocycles. The van der Waals surface area contributed by atoms with Crippen LogP contribution in [-0.2, 0) is 19.6 Å². The Bertz CT molecular complexity index is 829. The number of sulfonamides is 1. The molecule has 0 aromatic heterocycles. The van der Waals surface area contributed by atoms with Gasteiger partial charge in [-0.3, -0.25) is 9.59 Å². The molecule has 3 rings (SSSR count). The van der Waals surface area contributed by atoms with Gasteiger partial charge in [0.25, 0.3) is 0 Å². The zero-order valence-corrected chi connectivity index (χ0v) is 18.9. The highest BCUT2D eigenvalue weighted by Gasteiger charge is 2.33. The average molecular weight is 486 g/mol. The normalized spacial score (nSPS) is 21.6. The molecule has 2 aliphatic rings. The minimum Gasteiger partial charge on any atom is -0.354 e. The van der Waals surface area contributed by atoms with Crippen LogP contribution in [0.4, 0.5) is 0 Å². The van der Waals surface area contributed by atoms with Crippen LogP contribution >= 0.6 is 15.9 Å². The Morgan fingerprint density at radius 3 is 2.62 bits per heavy atom. The maximum Gasteiger partial charge on any atom is 0.243 e. The molecule has 1 aromatic carbocycles. The maximum atomic E-state index is 12.9. The fourth-order valence-electron chi connectivity index (χ4n) is 3.86. The molecule has 2 saturated heterocycles. The summed E-state index contributed by atoms with van der Waals surface area (Å²) in [5.41, 5.74) is 0. The van der Waals surface area contributed by atoms with Crippen LogP contribution in [0.1, 0.15) is 38.5 Å². The second-order valence-electron chi connectivity index (χ2n) is 7.64.